The van der Waals surface area contributed by atoms with Crippen LogP contribution in [0.2, 0.25) is 0 Å². The topological polar surface area (TPSA) is 20.3 Å². The molecule has 0 aromatic heterocycles. The van der Waals surface area contributed by atoms with E-state index in [1.807, 2.05) is 43.4 Å². The van der Waals surface area contributed by atoms with Gasteiger partial charge in [-0.15, -0.1) is 0 Å². The Morgan fingerprint density at radius 3 is 2.41 bits per heavy atom. The normalized spacial score (nSPS) is 15.9. The van der Waals surface area contributed by atoms with Gasteiger partial charge in [0.1, 0.15) is 0 Å². The smallest absolute Gasteiger partial charge is 0.259 e. The van der Waals surface area contributed by atoms with Crippen molar-refractivity contribution in [2.24, 2.45) is 0 Å². The molecule has 0 saturated carbocycles. The van der Waals surface area contributed by atoms with Crippen LogP contribution in [-0.2, 0) is 4.79 Å². The van der Waals surface area contributed by atoms with E-state index in [4.69, 9.17) is 0 Å². The Morgan fingerprint density at radius 1 is 1.00 bits per heavy atom. The summed E-state index contributed by atoms with van der Waals surface area (Å²) >= 11 is 0. The first-order chi connectivity index (χ1) is 10.7. The van der Waals surface area contributed by atoms with Gasteiger partial charge in [-0.1, -0.05) is 61.9 Å². The van der Waals surface area contributed by atoms with Gasteiger partial charge in [0.05, 0.1) is 11.3 Å². The van der Waals surface area contributed by atoms with Crippen LogP contribution in [0.15, 0.2) is 54.6 Å². The molecule has 3 rings (SSSR count). The zero-order valence-corrected chi connectivity index (χ0v) is 13.2. The Morgan fingerprint density at radius 2 is 1.68 bits per heavy atom. The number of allylic oxidation sites excluding steroid dienone is 1. The number of likely N-dealkylation sites (N-methyl/N-ethyl adjacent to an activating group) is 1. The Labute approximate surface area is 132 Å². The lowest BCUT2D eigenvalue weighted by Gasteiger charge is -2.12. The molecule has 1 aliphatic heterocycles. The van der Waals surface area contributed by atoms with Gasteiger partial charge in [0.2, 0.25) is 0 Å². The molecule has 1 amide bonds. The van der Waals surface area contributed by atoms with Crippen LogP contribution in [-0.4, -0.2) is 13.0 Å². The lowest BCUT2D eigenvalue weighted by molar-refractivity contribution is -0.112. The van der Waals surface area contributed by atoms with Gasteiger partial charge in [0.25, 0.3) is 5.91 Å². The molecule has 112 valence electrons. The third-order valence-corrected chi connectivity index (χ3v) is 4.26. The second kappa shape index (κ2) is 6.18. The molecule has 0 radical (unpaired) electrons. The number of para-hydroxylation sites is 1. The van der Waals surface area contributed by atoms with Crippen molar-refractivity contribution in [2.75, 3.05) is 11.9 Å². The van der Waals surface area contributed by atoms with Crippen molar-refractivity contribution >= 4 is 22.7 Å². The number of anilines is 1. The molecular formula is C20H21NO. The van der Waals surface area contributed by atoms with E-state index in [-0.39, 0.29) is 5.91 Å². The summed E-state index contributed by atoms with van der Waals surface area (Å²) in [6.45, 7) is 2.18. The lowest BCUT2D eigenvalue weighted by atomic mass is 9.92. The molecule has 0 N–H and O–H groups in total. The average Bonchev–Trinajstić information content (AvgIpc) is 2.82. The molecule has 2 heteroatoms. The Bertz CT molecular complexity index is 715. The highest BCUT2D eigenvalue weighted by Gasteiger charge is 2.31. The molecule has 0 spiro atoms. The molecule has 2 nitrogen and oxygen atoms in total. The number of nitrogens with zero attached hydrogens (tertiary/aromatic N) is 1. The maximum atomic E-state index is 12.8. The first-order valence-electron chi connectivity index (χ1n) is 7.90. The predicted octanol–water partition coefficient (Wildman–Crippen LogP) is 4.76. The first-order valence-corrected chi connectivity index (χ1v) is 7.90. The van der Waals surface area contributed by atoms with E-state index >= 15 is 0 Å². The molecule has 0 aliphatic carbocycles. The number of benzene rings is 2. The van der Waals surface area contributed by atoms with E-state index in [1.54, 1.807) is 4.90 Å². The van der Waals surface area contributed by atoms with Gasteiger partial charge in [0, 0.05) is 12.6 Å². The molecule has 0 saturated heterocycles. The van der Waals surface area contributed by atoms with Crippen LogP contribution in [0, 0.1) is 0 Å². The zero-order valence-electron chi connectivity index (χ0n) is 13.2. The standard InChI is InChI=1S/C20H21NO/c1-3-4-12-16(15-10-6-5-7-11-15)19-17-13-8-9-14-18(17)21(2)20(19)22/h5-11,13-14H,3-4,12H2,1-2H3/b19-16-. The van der Waals surface area contributed by atoms with E-state index in [0.29, 0.717) is 0 Å². The van der Waals surface area contributed by atoms with Gasteiger partial charge in [-0.2, -0.15) is 0 Å². The second-order valence-electron chi connectivity index (χ2n) is 5.70. The first kappa shape index (κ1) is 14.6. The Hall–Kier alpha value is -2.35. The minimum Gasteiger partial charge on any atom is -0.311 e. The maximum Gasteiger partial charge on any atom is 0.259 e. The van der Waals surface area contributed by atoms with Gasteiger partial charge in [-0.05, 0) is 30.0 Å². The number of fused-ring (bicyclic) bond motifs is 1. The minimum absolute atomic E-state index is 0.108. The van der Waals surface area contributed by atoms with Gasteiger partial charge >= 0.3 is 0 Å². The van der Waals surface area contributed by atoms with Crippen LogP contribution >= 0.6 is 0 Å². The third kappa shape index (κ3) is 2.45. The number of carbonyl (C=O) groups is 1. The predicted molar refractivity (Wildman–Crippen MR) is 92.6 cm³/mol. The lowest BCUT2D eigenvalue weighted by Crippen LogP contribution is -2.20. The summed E-state index contributed by atoms with van der Waals surface area (Å²) in [6, 6.07) is 18.4. The molecule has 1 aliphatic rings. The van der Waals surface area contributed by atoms with Crippen LogP contribution in [0.5, 0.6) is 0 Å². The fourth-order valence-electron chi connectivity index (χ4n) is 3.07. The largest absolute Gasteiger partial charge is 0.311 e. The maximum absolute atomic E-state index is 12.8. The summed E-state index contributed by atoms with van der Waals surface area (Å²) < 4.78 is 0. The SMILES string of the molecule is CCCC/C(=C1/C(=O)N(C)c2ccccc21)c1ccccc1. The summed E-state index contributed by atoms with van der Waals surface area (Å²) in [5.41, 5.74) is 5.27. The molecule has 0 atom stereocenters. The summed E-state index contributed by atoms with van der Waals surface area (Å²) in [4.78, 5) is 14.6. The summed E-state index contributed by atoms with van der Waals surface area (Å²) in [6.07, 6.45) is 3.14. The van der Waals surface area contributed by atoms with Crippen molar-refractivity contribution in [1.82, 2.24) is 0 Å². The second-order valence-corrected chi connectivity index (χ2v) is 5.70. The highest BCUT2D eigenvalue weighted by atomic mass is 16.2. The molecule has 22 heavy (non-hydrogen) atoms. The van der Waals surface area contributed by atoms with Crippen molar-refractivity contribution in [2.45, 2.75) is 26.2 Å². The summed E-state index contributed by atoms with van der Waals surface area (Å²) in [5.74, 6) is 0.108. The van der Waals surface area contributed by atoms with Crippen molar-refractivity contribution < 1.29 is 4.79 Å². The van der Waals surface area contributed by atoms with E-state index in [9.17, 15) is 4.79 Å². The van der Waals surface area contributed by atoms with Gasteiger partial charge in [-0.3, -0.25) is 4.79 Å². The Balaban J connectivity index is 2.20. The van der Waals surface area contributed by atoms with Gasteiger partial charge < -0.3 is 4.90 Å². The highest BCUT2D eigenvalue weighted by Crippen LogP contribution is 2.41. The van der Waals surface area contributed by atoms with E-state index in [2.05, 4.69) is 25.1 Å². The number of rotatable bonds is 4. The van der Waals surface area contributed by atoms with Gasteiger partial charge in [-0.25, -0.2) is 0 Å². The summed E-state index contributed by atoms with van der Waals surface area (Å²) in [5, 5.41) is 0. The summed E-state index contributed by atoms with van der Waals surface area (Å²) in [7, 11) is 1.86. The van der Waals surface area contributed by atoms with E-state index < -0.39 is 0 Å². The number of hydrogen-bond acceptors (Lipinski definition) is 1. The molecule has 0 fully saturated rings. The fraction of sp³-hybridized carbons (Fsp3) is 0.250. The molecular weight excluding hydrogens is 270 g/mol. The van der Waals surface area contributed by atoms with Crippen LogP contribution in [0.25, 0.3) is 11.1 Å². The average molecular weight is 291 g/mol. The van der Waals surface area contributed by atoms with Crippen LogP contribution in [0.4, 0.5) is 5.69 Å². The van der Waals surface area contributed by atoms with Crippen LogP contribution in [0.1, 0.15) is 37.3 Å². The Kier molecular flexibility index (Phi) is 4.10. The minimum atomic E-state index is 0.108. The number of amides is 1. The van der Waals surface area contributed by atoms with Crippen molar-refractivity contribution in [1.29, 1.82) is 0 Å². The number of carbonyl (C=O) groups excluding carboxylic acids is 1. The van der Waals surface area contributed by atoms with Crippen molar-refractivity contribution in [3.8, 4) is 0 Å². The molecule has 0 unspecified atom stereocenters. The molecule has 1 heterocycles. The molecule has 2 aromatic rings. The highest BCUT2D eigenvalue weighted by molar-refractivity contribution is 6.37. The molecule has 2 aromatic carbocycles. The van der Waals surface area contributed by atoms with Crippen molar-refractivity contribution in [3.05, 3.63) is 65.7 Å². The van der Waals surface area contributed by atoms with E-state index in [1.165, 1.54) is 5.57 Å². The third-order valence-electron chi connectivity index (χ3n) is 4.26. The zero-order chi connectivity index (χ0) is 15.5. The monoisotopic (exact) mass is 291 g/mol. The van der Waals surface area contributed by atoms with Crippen LogP contribution < -0.4 is 4.90 Å². The number of unbranched alkanes of at least 4 members (excludes halogenated alkanes) is 1. The molecule has 0 bridgehead atoms. The van der Waals surface area contributed by atoms with Gasteiger partial charge in [0.15, 0.2) is 0 Å². The quantitative estimate of drug-likeness (QED) is 0.743. The fourth-order valence-corrected chi connectivity index (χ4v) is 3.07. The van der Waals surface area contributed by atoms with E-state index in [0.717, 1.165) is 41.6 Å². The number of hydrogen-bond donors (Lipinski definition) is 0. The van der Waals surface area contributed by atoms with Crippen molar-refractivity contribution in [3.63, 3.8) is 0 Å². The van der Waals surface area contributed by atoms with Crippen LogP contribution in [0.3, 0.4) is 0 Å².